The van der Waals surface area contributed by atoms with Crippen molar-refractivity contribution in [3.8, 4) is 11.2 Å². The van der Waals surface area contributed by atoms with Gasteiger partial charge in [0.05, 0.1) is 6.54 Å². The molecule has 0 aliphatic rings. The van der Waals surface area contributed by atoms with E-state index in [4.69, 9.17) is 0 Å². The Balaban J connectivity index is 0. The van der Waals surface area contributed by atoms with Gasteiger partial charge in [0, 0.05) is 26.9 Å². The van der Waals surface area contributed by atoms with Crippen molar-refractivity contribution < 1.29 is 0 Å². The largest absolute Gasteiger partial charge is 0.375 e. The molecule has 0 bridgehead atoms. The van der Waals surface area contributed by atoms with Gasteiger partial charge >= 0.3 is 0 Å². The third kappa shape index (κ3) is 14.7. The van der Waals surface area contributed by atoms with Gasteiger partial charge in [-0.2, -0.15) is 0 Å². The third-order valence-electron chi connectivity index (χ3n) is 0.882. The maximum Gasteiger partial charge on any atom is 0.0775 e. The Labute approximate surface area is 98.0 Å². The molecule has 0 aliphatic heterocycles. The van der Waals surface area contributed by atoms with E-state index in [1.54, 1.807) is 0 Å². The highest BCUT2D eigenvalue weighted by Gasteiger charge is 1.80. The van der Waals surface area contributed by atoms with Crippen LogP contribution in [0.4, 0.5) is 0 Å². The first kappa shape index (κ1) is 15.4. The summed E-state index contributed by atoms with van der Waals surface area (Å²) in [6.07, 6.45) is 3.86. The summed E-state index contributed by atoms with van der Waals surface area (Å²) in [5, 5.41) is 5.92. The molecule has 0 saturated heterocycles. The lowest BCUT2D eigenvalue weighted by Gasteiger charge is -1.97. The molecule has 0 unspecified atom stereocenters. The number of rotatable bonds is 3. The minimum absolute atomic E-state index is 0.666. The fourth-order valence-electron chi connectivity index (χ4n) is 0.481. The summed E-state index contributed by atoms with van der Waals surface area (Å²) >= 11 is 2.14. The van der Waals surface area contributed by atoms with Gasteiger partial charge in [0.1, 0.15) is 0 Å². The van der Waals surface area contributed by atoms with Crippen molar-refractivity contribution in [2.24, 2.45) is 0 Å². The second-order valence-electron chi connectivity index (χ2n) is 1.73. The minimum atomic E-state index is 0.666. The van der Waals surface area contributed by atoms with Gasteiger partial charge in [-0.1, -0.05) is 32.4 Å². The SMILES string of the molecule is C=C(/C=C\C)NCC#CSI.CC. The number of hydrogen-bond acceptors (Lipinski definition) is 2. The van der Waals surface area contributed by atoms with Crippen molar-refractivity contribution in [1.29, 1.82) is 0 Å². The van der Waals surface area contributed by atoms with Crippen molar-refractivity contribution in [3.05, 3.63) is 24.4 Å². The minimum Gasteiger partial charge on any atom is -0.375 e. The molecule has 0 saturated carbocycles. The summed E-state index contributed by atoms with van der Waals surface area (Å²) in [7, 11) is 1.49. The molecule has 3 heteroatoms. The van der Waals surface area contributed by atoms with Crippen molar-refractivity contribution in [1.82, 2.24) is 5.32 Å². The fraction of sp³-hybridized carbons (Fsp3) is 0.400. The molecule has 0 heterocycles. The summed E-state index contributed by atoms with van der Waals surface area (Å²) in [4.78, 5) is 0. The topological polar surface area (TPSA) is 12.0 Å². The highest BCUT2D eigenvalue weighted by atomic mass is 127. The molecule has 0 amide bonds. The number of halogens is 1. The van der Waals surface area contributed by atoms with Crippen molar-refractivity contribution in [2.75, 3.05) is 6.54 Å². The number of allylic oxidation sites excluding steroid dienone is 2. The van der Waals surface area contributed by atoms with Gasteiger partial charge in [0.2, 0.25) is 0 Å². The average molecular weight is 309 g/mol. The second kappa shape index (κ2) is 14.4. The Bertz CT molecular complexity index is 201. The second-order valence-corrected chi connectivity index (χ2v) is 3.41. The van der Waals surface area contributed by atoms with E-state index in [1.165, 1.54) is 8.93 Å². The van der Waals surface area contributed by atoms with Crippen LogP contribution in [0.2, 0.25) is 0 Å². The molecule has 0 aromatic carbocycles. The molecule has 0 aromatic heterocycles. The molecule has 0 atom stereocenters. The lowest BCUT2D eigenvalue weighted by Crippen LogP contribution is -2.10. The van der Waals surface area contributed by atoms with Gasteiger partial charge in [-0.25, -0.2) is 0 Å². The van der Waals surface area contributed by atoms with Crippen LogP contribution in [0.25, 0.3) is 0 Å². The van der Waals surface area contributed by atoms with E-state index < -0.39 is 0 Å². The first-order valence-electron chi connectivity index (χ1n) is 4.12. The van der Waals surface area contributed by atoms with Gasteiger partial charge in [0.15, 0.2) is 0 Å². The summed E-state index contributed by atoms with van der Waals surface area (Å²) in [5.41, 5.74) is 0.903. The number of hydrogen-bond donors (Lipinski definition) is 1. The van der Waals surface area contributed by atoms with Crippen LogP contribution in [0.3, 0.4) is 0 Å². The Morgan fingerprint density at radius 3 is 2.69 bits per heavy atom. The molecule has 0 radical (unpaired) electrons. The van der Waals surface area contributed by atoms with Crippen molar-refractivity contribution in [2.45, 2.75) is 20.8 Å². The molecular weight excluding hydrogens is 293 g/mol. The lowest BCUT2D eigenvalue weighted by atomic mass is 10.4. The van der Waals surface area contributed by atoms with Gasteiger partial charge in [-0.15, -0.1) is 0 Å². The summed E-state index contributed by atoms with van der Waals surface area (Å²) in [5.74, 6) is 2.92. The van der Waals surface area contributed by atoms with Crippen molar-refractivity contribution in [3.63, 3.8) is 0 Å². The molecule has 1 nitrogen and oxygen atoms in total. The van der Waals surface area contributed by atoms with E-state index in [1.807, 2.05) is 32.9 Å². The van der Waals surface area contributed by atoms with E-state index in [-0.39, 0.29) is 0 Å². The normalized spacial score (nSPS) is 8.00. The predicted molar refractivity (Wildman–Crippen MR) is 72.7 cm³/mol. The van der Waals surface area contributed by atoms with Crippen LogP contribution in [0.5, 0.6) is 0 Å². The van der Waals surface area contributed by atoms with Gasteiger partial charge in [-0.3, -0.25) is 0 Å². The van der Waals surface area contributed by atoms with Crippen LogP contribution in [0.1, 0.15) is 20.8 Å². The summed E-state index contributed by atoms with van der Waals surface area (Å²) in [6.45, 7) is 10.4. The molecule has 0 fully saturated rings. The fourth-order valence-corrected chi connectivity index (χ4v) is 1.08. The standard InChI is InChI=1S/C8H10INS.C2H6/c1-3-5-8(2)10-6-4-7-11-9;1-2/h3,5,10H,2,6H2,1H3;1-2H3/b5-3-;. The molecular formula is C10H16INS. The van der Waals surface area contributed by atoms with Gasteiger partial charge in [-0.05, 0) is 27.2 Å². The van der Waals surface area contributed by atoms with E-state index in [9.17, 15) is 0 Å². The Kier molecular flexibility index (Phi) is 17.1. The first-order chi connectivity index (χ1) is 6.31. The molecule has 0 rings (SSSR count). The van der Waals surface area contributed by atoms with E-state index in [0.717, 1.165) is 5.70 Å². The maximum atomic E-state index is 3.77. The highest BCUT2D eigenvalue weighted by molar-refractivity contribution is 14.2. The zero-order valence-electron chi connectivity index (χ0n) is 8.36. The highest BCUT2D eigenvalue weighted by Crippen LogP contribution is 2.06. The van der Waals surface area contributed by atoms with Crippen LogP contribution in [0, 0.1) is 11.2 Å². The molecule has 0 aliphatic carbocycles. The van der Waals surface area contributed by atoms with Crippen molar-refractivity contribution >= 4 is 30.1 Å². The van der Waals surface area contributed by atoms with E-state index in [2.05, 4.69) is 44.3 Å². The third-order valence-corrected chi connectivity index (χ3v) is 1.76. The monoisotopic (exact) mass is 309 g/mol. The van der Waals surface area contributed by atoms with Crippen LogP contribution in [-0.4, -0.2) is 6.54 Å². The Morgan fingerprint density at radius 1 is 1.62 bits per heavy atom. The smallest absolute Gasteiger partial charge is 0.0775 e. The lowest BCUT2D eigenvalue weighted by molar-refractivity contribution is 0.959. The molecule has 13 heavy (non-hydrogen) atoms. The molecule has 0 aromatic rings. The predicted octanol–water partition coefficient (Wildman–Crippen LogP) is 3.74. The van der Waals surface area contributed by atoms with Crippen LogP contribution in [0.15, 0.2) is 24.4 Å². The van der Waals surface area contributed by atoms with E-state index in [0.29, 0.717) is 6.54 Å². The van der Waals surface area contributed by atoms with E-state index >= 15 is 0 Å². The first-order valence-corrected chi connectivity index (χ1v) is 7.48. The number of nitrogens with one attached hydrogen (secondary N) is 1. The summed E-state index contributed by atoms with van der Waals surface area (Å²) in [6, 6.07) is 0. The van der Waals surface area contributed by atoms with Crippen LogP contribution < -0.4 is 5.32 Å². The zero-order chi connectivity index (χ0) is 10.5. The Morgan fingerprint density at radius 2 is 2.23 bits per heavy atom. The van der Waals surface area contributed by atoms with Crippen LogP contribution >= 0.6 is 30.1 Å². The molecule has 0 spiro atoms. The van der Waals surface area contributed by atoms with Gasteiger partial charge in [0.25, 0.3) is 0 Å². The van der Waals surface area contributed by atoms with Gasteiger partial charge < -0.3 is 5.32 Å². The molecule has 1 N–H and O–H groups in total. The maximum absolute atomic E-state index is 3.77. The average Bonchev–Trinajstić information content (AvgIpc) is 2.16. The van der Waals surface area contributed by atoms with Crippen LogP contribution in [-0.2, 0) is 0 Å². The molecule has 74 valence electrons. The quantitative estimate of drug-likeness (QED) is 0.484. The Hall–Kier alpha value is -0.0800. The zero-order valence-corrected chi connectivity index (χ0v) is 11.3. The summed E-state index contributed by atoms with van der Waals surface area (Å²) < 4.78 is 0.